The van der Waals surface area contributed by atoms with Gasteiger partial charge >= 0.3 is 5.97 Å². The molecule has 2 saturated heterocycles. The zero-order valence-electron chi connectivity index (χ0n) is 22.2. The van der Waals surface area contributed by atoms with Crippen molar-refractivity contribution >= 4 is 11.8 Å². The minimum absolute atomic E-state index is 0.0255. The van der Waals surface area contributed by atoms with Crippen LogP contribution in [-0.2, 0) is 35.1 Å². The number of aliphatic hydroxyl groups is 1. The molecule has 36 heavy (non-hydrogen) atoms. The fourth-order valence-corrected chi connectivity index (χ4v) is 5.35. The molecule has 0 aromatic heterocycles. The van der Waals surface area contributed by atoms with Crippen molar-refractivity contribution in [3.8, 4) is 0 Å². The van der Waals surface area contributed by atoms with Crippen LogP contribution in [0.4, 0.5) is 0 Å². The standard InChI is InChI=1S/C29H42O7/c1-7-26-29(4,5)25(31)13-18(2)28(33-6)22(30)14-21-15-23(34-17-20-11-9-8-10-12-20)19(3)24(35-21)16-27(32)36-26/h7-12,18-19,21,23-26,28,31H,1,13-17H2,2-6H3/t18-,19-,21-,23+,24+,25?,26-,28?/m1/s1. The Labute approximate surface area is 215 Å². The molecule has 2 aliphatic rings. The van der Waals surface area contributed by atoms with Gasteiger partial charge in [-0.05, 0) is 17.9 Å². The minimum Gasteiger partial charge on any atom is -0.457 e. The highest BCUT2D eigenvalue weighted by Gasteiger charge is 2.43. The third-order valence-electron chi connectivity index (χ3n) is 7.89. The summed E-state index contributed by atoms with van der Waals surface area (Å²) in [6.45, 7) is 11.9. The number of fused-ring (bicyclic) bond motifs is 2. The number of Topliss-reactive ketones (excluding diaryl/α,β-unsaturated/α-hetero) is 1. The van der Waals surface area contributed by atoms with Crippen LogP contribution < -0.4 is 0 Å². The molecule has 7 nitrogen and oxygen atoms in total. The van der Waals surface area contributed by atoms with Crippen LogP contribution in [0.3, 0.4) is 0 Å². The Hall–Kier alpha value is -2.06. The molecule has 1 N–H and O–H groups in total. The average Bonchev–Trinajstić information content (AvgIpc) is 2.83. The van der Waals surface area contributed by atoms with E-state index in [0.29, 0.717) is 19.4 Å². The first kappa shape index (κ1) is 28.5. The molecule has 0 radical (unpaired) electrons. The second-order valence-electron chi connectivity index (χ2n) is 11.0. The van der Waals surface area contributed by atoms with Crippen LogP contribution in [0.5, 0.6) is 0 Å². The number of carbonyl (C=O) groups excluding carboxylic acids is 2. The van der Waals surface area contributed by atoms with E-state index in [0.717, 1.165) is 5.56 Å². The summed E-state index contributed by atoms with van der Waals surface area (Å²) in [6, 6.07) is 9.92. The van der Waals surface area contributed by atoms with Crippen LogP contribution in [0.15, 0.2) is 43.0 Å². The highest BCUT2D eigenvalue weighted by molar-refractivity contribution is 5.83. The molecule has 2 unspecified atom stereocenters. The van der Waals surface area contributed by atoms with Crippen molar-refractivity contribution in [2.45, 2.75) is 96.6 Å². The summed E-state index contributed by atoms with van der Waals surface area (Å²) in [5, 5.41) is 11.0. The number of hydrogen-bond donors (Lipinski definition) is 1. The number of ketones is 1. The second-order valence-corrected chi connectivity index (χ2v) is 11.0. The van der Waals surface area contributed by atoms with Crippen molar-refractivity contribution < 1.29 is 33.6 Å². The zero-order chi connectivity index (χ0) is 26.5. The van der Waals surface area contributed by atoms with Gasteiger partial charge in [0, 0.05) is 31.3 Å². The van der Waals surface area contributed by atoms with Gasteiger partial charge in [0.25, 0.3) is 0 Å². The van der Waals surface area contributed by atoms with E-state index in [1.54, 1.807) is 6.08 Å². The SMILES string of the molecule is C=C[C@H]1OC(=O)C[C@@H]2O[C@H](CC(=O)C(OC)[C@H](C)CC(O)C1(C)C)C[C@H](OCc1ccccc1)[C@H]2C. The number of hydrogen-bond acceptors (Lipinski definition) is 7. The third-order valence-corrected chi connectivity index (χ3v) is 7.89. The van der Waals surface area contributed by atoms with Crippen LogP contribution in [0.25, 0.3) is 0 Å². The summed E-state index contributed by atoms with van der Waals surface area (Å²) in [5.74, 6) is -0.830. The molecule has 8 atom stereocenters. The van der Waals surface area contributed by atoms with E-state index in [9.17, 15) is 14.7 Å². The number of rotatable bonds is 5. The largest absolute Gasteiger partial charge is 0.457 e. The molecule has 0 aliphatic carbocycles. The van der Waals surface area contributed by atoms with Gasteiger partial charge in [0.2, 0.25) is 0 Å². The van der Waals surface area contributed by atoms with Crippen LogP contribution in [0.1, 0.15) is 58.9 Å². The van der Waals surface area contributed by atoms with E-state index in [2.05, 4.69) is 6.58 Å². The monoisotopic (exact) mass is 502 g/mol. The summed E-state index contributed by atoms with van der Waals surface area (Å²) in [4.78, 5) is 26.3. The number of aliphatic hydroxyl groups excluding tert-OH is 1. The van der Waals surface area contributed by atoms with Crippen molar-refractivity contribution in [1.82, 2.24) is 0 Å². The molecule has 0 amide bonds. The highest BCUT2D eigenvalue weighted by Crippen LogP contribution is 2.36. The summed E-state index contributed by atoms with van der Waals surface area (Å²) in [7, 11) is 1.52. The number of ether oxygens (including phenoxy) is 4. The van der Waals surface area contributed by atoms with Crippen molar-refractivity contribution in [3.63, 3.8) is 0 Å². The molecule has 0 saturated carbocycles. The predicted molar refractivity (Wildman–Crippen MR) is 136 cm³/mol. The van der Waals surface area contributed by atoms with E-state index in [1.165, 1.54) is 7.11 Å². The van der Waals surface area contributed by atoms with E-state index in [-0.39, 0.29) is 36.6 Å². The summed E-state index contributed by atoms with van der Waals surface area (Å²) in [5.41, 5.74) is 0.254. The Balaban J connectivity index is 1.87. The quantitative estimate of drug-likeness (QED) is 0.475. The number of esters is 1. The maximum absolute atomic E-state index is 13.3. The summed E-state index contributed by atoms with van der Waals surface area (Å²) >= 11 is 0. The van der Waals surface area contributed by atoms with Gasteiger partial charge in [-0.2, -0.15) is 0 Å². The van der Waals surface area contributed by atoms with E-state index < -0.39 is 41.9 Å². The Morgan fingerprint density at radius 2 is 1.83 bits per heavy atom. The van der Waals surface area contributed by atoms with Crippen LogP contribution in [-0.4, -0.2) is 60.6 Å². The molecule has 2 bridgehead atoms. The fraction of sp³-hybridized carbons (Fsp3) is 0.655. The van der Waals surface area contributed by atoms with Crippen LogP contribution >= 0.6 is 0 Å². The average molecular weight is 503 g/mol. The van der Waals surface area contributed by atoms with Crippen LogP contribution in [0.2, 0.25) is 0 Å². The maximum atomic E-state index is 13.3. The summed E-state index contributed by atoms with van der Waals surface area (Å²) in [6.07, 6.45) is -0.679. The Kier molecular flexibility index (Phi) is 9.86. The highest BCUT2D eigenvalue weighted by atomic mass is 16.6. The molecule has 1 aromatic carbocycles. The lowest BCUT2D eigenvalue weighted by molar-refractivity contribution is -0.180. The molecule has 2 fully saturated rings. The van der Waals surface area contributed by atoms with Gasteiger partial charge in [-0.15, -0.1) is 0 Å². The fourth-order valence-electron chi connectivity index (χ4n) is 5.35. The van der Waals surface area contributed by atoms with Gasteiger partial charge in [-0.25, -0.2) is 0 Å². The number of cyclic esters (lactones) is 1. The second kappa shape index (κ2) is 12.5. The molecule has 2 aliphatic heterocycles. The molecule has 7 heteroatoms. The van der Waals surface area contributed by atoms with Gasteiger partial charge in [-0.1, -0.05) is 70.7 Å². The van der Waals surface area contributed by atoms with Crippen LogP contribution in [0, 0.1) is 17.3 Å². The van der Waals surface area contributed by atoms with E-state index in [1.807, 2.05) is 58.0 Å². The molecule has 0 spiro atoms. The van der Waals surface area contributed by atoms with Crippen molar-refractivity contribution in [1.29, 1.82) is 0 Å². The topological polar surface area (TPSA) is 91.3 Å². The molecule has 1 aromatic rings. The Bertz CT molecular complexity index is 883. The molecule has 3 rings (SSSR count). The molecule has 2 heterocycles. The Morgan fingerprint density at radius 1 is 1.14 bits per heavy atom. The number of carbonyl (C=O) groups is 2. The molecular weight excluding hydrogens is 460 g/mol. The van der Waals surface area contributed by atoms with Crippen molar-refractivity contribution in [2.75, 3.05) is 7.11 Å². The van der Waals surface area contributed by atoms with E-state index >= 15 is 0 Å². The van der Waals surface area contributed by atoms with Gasteiger partial charge < -0.3 is 24.1 Å². The van der Waals surface area contributed by atoms with E-state index in [4.69, 9.17) is 18.9 Å². The normalized spacial score (nSPS) is 35.9. The lowest BCUT2D eigenvalue weighted by atomic mass is 9.76. The first-order valence-electron chi connectivity index (χ1n) is 12.9. The number of benzene rings is 1. The third kappa shape index (κ3) is 6.82. The maximum Gasteiger partial charge on any atom is 0.309 e. The molecular formula is C29H42O7. The van der Waals surface area contributed by atoms with Gasteiger partial charge in [0.1, 0.15) is 12.2 Å². The lowest BCUT2D eigenvalue weighted by Crippen LogP contribution is -2.49. The first-order chi connectivity index (χ1) is 17.1. The number of methoxy groups -OCH3 is 1. The summed E-state index contributed by atoms with van der Waals surface area (Å²) < 4.78 is 24.0. The first-order valence-corrected chi connectivity index (χ1v) is 12.9. The Morgan fingerprint density at radius 3 is 2.47 bits per heavy atom. The van der Waals surface area contributed by atoms with Crippen molar-refractivity contribution in [2.24, 2.45) is 17.3 Å². The molecule has 200 valence electrons. The van der Waals surface area contributed by atoms with Gasteiger partial charge in [-0.3, -0.25) is 9.59 Å². The predicted octanol–water partition coefficient (Wildman–Crippen LogP) is 4.25. The van der Waals surface area contributed by atoms with Gasteiger partial charge in [0.15, 0.2) is 5.78 Å². The zero-order valence-corrected chi connectivity index (χ0v) is 22.2. The van der Waals surface area contributed by atoms with Gasteiger partial charge in [0.05, 0.1) is 37.4 Å². The smallest absolute Gasteiger partial charge is 0.309 e. The lowest BCUT2D eigenvalue weighted by Gasteiger charge is -2.42. The van der Waals surface area contributed by atoms with Crippen molar-refractivity contribution in [3.05, 3.63) is 48.6 Å². The minimum atomic E-state index is -0.831.